The molecule has 1 aliphatic heterocycles. The number of hydrogen-bond donors (Lipinski definition) is 0. The summed E-state index contributed by atoms with van der Waals surface area (Å²) < 4.78 is 15.6. The van der Waals surface area contributed by atoms with Crippen molar-refractivity contribution in [3.05, 3.63) is 12.5 Å². The fourth-order valence-corrected chi connectivity index (χ4v) is 0.170. The fraction of sp³-hybridized carbons (Fsp3) is 0.333. The van der Waals surface area contributed by atoms with Gasteiger partial charge in [-0.05, 0) is 0 Å². The maximum Gasteiger partial charge on any atom is 0.229 e. The third kappa shape index (κ3) is 0.318. The summed E-state index contributed by atoms with van der Waals surface area (Å²) in [5.74, 6) is 0. The van der Waals surface area contributed by atoms with Crippen LogP contribution in [0, 0.1) is 0 Å². The molecule has 1 heterocycles. The van der Waals surface area contributed by atoms with Gasteiger partial charge in [-0.2, -0.15) is 0 Å². The van der Waals surface area contributed by atoms with E-state index in [-0.39, 0.29) is 13.0 Å². The van der Waals surface area contributed by atoms with Crippen molar-refractivity contribution < 1.29 is 10.8 Å². The van der Waals surface area contributed by atoms with Crippen LogP contribution in [0.25, 0.3) is 0 Å². The minimum atomic E-state index is 0.106. The van der Waals surface area contributed by atoms with E-state index in [4.69, 9.17) is 1.37 Å². The Kier molecular flexibility index (Phi) is 0.330. The molecule has 0 N–H and O–H groups in total. The van der Waals surface area contributed by atoms with E-state index in [2.05, 4.69) is 9.47 Å². The van der Waals surface area contributed by atoms with Crippen molar-refractivity contribution in [1.29, 1.82) is 0 Å². The van der Waals surface area contributed by atoms with Crippen LogP contribution in [0.15, 0.2) is 12.5 Å². The molecule has 2 heteroatoms. The summed E-state index contributed by atoms with van der Waals surface area (Å²) in [6.45, 7) is 0.207. The van der Waals surface area contributed by atoms with Crippen molar-refractivity contribution in [2.75, 3.05) is 6.79 Å². The first-order chi connectivity index (χ1) is 2.89. The monoisotopic (exact) mass is 73.0 g/mol. The van der Waals surface area contributed by atoms with Crippen LogP contribution in [-0.4, -0.2) is 6.79 Å². The van der Waals surface area contributed by atoms with Crippen LogP contribution in [0.5, 0.6) is 0 Å². The van der Waals surface area contributed by atoms with E-state index < -0.39 is 0 Å². The van der Waals surface area contributed by atoms with Crippen molar-refractivity contribution in [1.82, 2.24) is 0 Å². The molecule has 0 aromatic carbocycles. The lowest BCUT2D eigenvalue weighted by Gasteiger charge is -1.82. The van der Waals surface area contributed by atoms with Crippen LogP contribution in [0.2, 0.25) is 0 Å². The zero-order valence-corrected chi connectivity index (χ0v) is 2.60. The predicted octanol–water partition coefficient (Wildman–Crippen LogP) is 0.462. The average molecular weight is 73.1 g/mol. The molecule has 5 heavy (non-hydrogen) atoms. The summed E-state index contributed by atoms with van der Waals surface area (Å²) in [7, 11) is 0. The zero-order valence-electron chi connectivity index (χ0n) is 3.60. The highest BCUT2D eigenvalue weighted by Crippen LogP contribution is 1.88. The van der Waals surface area contributed by atoms with Crippen molar-refractivity contribution in [2.24, 2.45) is 0 Å². The van der Waals surface area contributed by atoms with Crippen LogP contribution in [0.3, 0.4) is 0 Å². The number of hydrogen-bond acceptors (Lipinski definition) is 2. The van der Waals surface area contributed by atoms with E-state index in [1.807, 2.05) is 0 Å². The smallest absolute Gasteiger partial charge is 0.229 e. The van der Waals surface area contributed by atoms with Gasteiger partial charge in [-0.3, -0.25) is 0 Å². The highest BCUT2D eigenvalue weighted by atomic mass is 16.7. The van der Waals surface area contributed by atoms with Crippen LogP contribution in [0.1, 0.15) is 1.37 Å². The molecule has 0 spiro atoms. The Bertz CT molecular complexity index is 78.9. The molecule has 0 bridgehead atoms. The highest BCUT2D eigenvalue weighted by molar-refractivity contribution is 4.63. The first kappa shape index (κ1) is 1.70. The van der Waals surface area contributed by atoms with Gasteiger partial charge in [-0.15, -0.1) is 0 Å². The second kappa shape index (κ2) is 0.971. The molecule has 1 rings (SSSR count). The summed E-state index contributed by atoms with van der Waals surface area (Å²) in [6.07, 6.45) is 1.37. The third-order valence-corrected chi connectivity index (χ3v) is 0.342. The number of ether oxygens (including phenoxy) is 2. The maximum absolute atomic E-state index is 6.65. The van der Waals surface area contributed by atoms with Gasteiger partial charge in [0.15, 0.2) is 0 Å². The van der Waals surface area contributed by atoms with E-state index >= 15 is 0 Å². The van der Waals surface area contributed by atoms with Crippen LogP contribution in [-0.2, 0) is 9.47 Å². The molecule has 0 unspecified atom stereocenters. The van der Waals surface area contributed by atoms with Gasteiger partial charge in [-0.1, -0.05) is 0 Å². The largest absolute Gasteiger partial charge is 0.462 e. The molecule has 28 valence electrons. The van der Waals surface area contributed by atoms with E-state index in [0.717, 1.165) is 0 Å². The first-order valence-corrected chi connectivity index (χ1v) is 1.31. The van der Waals surface area contributed by atoms with Gasteiger partial charge in [0.25, 0.3) is 0 Å². The summed E-state index contributed by atoms with van der Waals surface area (Å²) in [6, 6.07) is 0. The van der Waals surface area contributed by atoms with Gasteiger partial charge >= 0.3 is 0 Å². The zero-order chi connectivity index (χ0) is 4.41. The Morgan fingerprint density at radius 2 is 2.80 bits per heavy atom. The molecule has 2 nitrogen and oxygen atoms in total. The van der Waals surface area contributed by atoms with Gasteiger partial charge in [-0.25, -0.2) is 0 Å². The van der Waals surface area contributed by atoms with Crippen molar-refractivity contribution in [3.63, 3.8) is 0 Å². The van der Waals surface area contributed by atoms with Crippen molar-refractivity contribution in [3.8, 4) is 0 Å². The fourth-order valence-electron chi connectivity index (χ4n) is 0.170. The van der Waals surface area contributed by atoms with Gasteiger partial charge in [0.1, 0.15) is 13.9 Å². The Morgan fingerprint density at radius 3 is 3.00 bits per heavy atom. The second-order valence-electron chi connectivity index (χ2n) is 0.665. The highest BCUT2D eigenvalue weighted by Gasteiger charge is 1.82. The summed E-state index contributed by atoms with van der Waals surface area (Å²) >= 11 is 0. The van der Waals surface area contributed by atoms with Crippen LogP contribution < -0.4 is 0 Å². The quantitative estimate of drug-likeness (QED) is 0.414. The number of rotatable bonds is 0. The molecule has 0 aromatic heterocycles. The molecule has 1 aliphatic rings. The van der Waals surface area contributed by atoms with E-state index in [0.29, 0.717) is 0 Å². The summed E-state index contributed by atoms with van der Waals surface area (Å²) in [4.78, 5) is 0. The van der Waals surface area contributed by atoms with Crippen molar-refractivity contribution in [2.45, 2.75) is 0 Å². The van der Waals surface area contributed by atoms with E-state index in [9.17, 15) is 0 Å². The van der Waals surface area contributed by atoms with Crippen LogP contribution in [0.4, 0.5) is 0 Å². The van der Waals surface area contributed by atoms with E-state index in [1.165, 1.54) is 6.26 Å². The molecule has 0 amide bonds. The minimum Gasteiger partial charge on any atom is -0.462 e. The average Bonchev–Trinajstić information content (AvgIpc) is 1.86. The van der Waals surface area contributed by atoms with Gasteiger partial charge in [0.05, 0.1) is 0 Å². The lowest BCUT2D eigenvalue weighted by molar-refractivity contribution is 0.0920. The molecule has 0 fully saturated rings. The van der Waals surface area contributed by atoms with E-state index in [1.54, 1.807) is 0 Å². The molecule has 0 radical (unpaired) electrons. The molecule has 0 aromatic rings. The molecule has 0 saturated heterocycles. The molecule has 0 atom stereocenters. The lowest BCUT2D eigenvalue weighted by atomic mass is 11.1. The standard InChI is InChI=1S/C3H4O2/c1-2-5-3-4-1/h1-2H,3H2/i1D. The van der Waals surface area contributed by atoms with Gasteiger partial charge < -0.3 is 9.47 Å². The minimum absolute atomic E-state index is 0.106. The SMILES string of the molecule is [2H]C1=COCO1. The van der Waals surface area contributed by atoms with Crippen molar-refractivity contribution >= 4 is 0 Å². The molecular weight excluding hydrogens is 68.0 g/mol. The lowest BCUT2D eigenvalue weighted by Crippen LogP contribution is -1.75. The Hall–Kier alpha value is -0.660. The third-order valence-electron chi connectivity index (χ3n) is 0.342. The first-order valence-electron chi connectivity index (χ1n) is 1.81. The van der Waals surface area contributed by atoms with Gasteiger partial charge in [0.2, 0.25) is 6.79 Å². The summed E-state index contributed by atoms with van der Waals surface area (Å²) in [5.41, 5.74) is 0. The van der Waals surface area contributed by atoms with Gasteiger partial charge in [0, 0.05) is 0 Å². The Balaban J connectivity index is 2.45. The Morgan fingerprint density at radius 1 is 1.80 bits per heavy atom. The predicted molar refractivity (Wildman–Crippen MR) is 16.2 cm³/mol. The molecule has 0 aliphatic carbocycles. The Labute approximate surface area is 31.4 Å². The topological polar surface area (TPSA) is 18.5 Å². The second-order valence-corrected chi connectivity index (χ2v) is 0.665. The van der Waals surface area contributed by atoms with Crippen LogP contribution >= 0.6 is 0 Å². The molecular formula is C3H4O2. The summed E-state index contributed by atoms with van der Waals surface area (Å²) in [5, 5.41) is 0. The normalized spacial score (nSPS) is 22.4. The molecule has 0 saturated carbocycles. The maximum atomic E-state index is 6.65.